The van der Waals surface area contributed by atoms with Gasteiger partial charge < -0.3 is 5.32 Å². The number of hydrogen-bond acceptors (Lipinski definition) is 3. The van der Waals surface area contributed by atoms with E-state index in [4.69, 9.17) is 0 Å². The largest absolute Gasteiger partial charge is 0.315 e. The summed E-state index contributed by atoms with van der Waals surface area (Å²) in [6.07, 6.45) is 10.6. The Labute approximate surface area is 140 Å². The molecule has 0 heterocycles. The van der Waals surface area contributed by atoms with Gasteiger partial charge in [-0.2, -0.15) is 0 Å². The summed E-state index contributed by atoms with van der Waals surface area (Å²) in [6.45, 7) is 17.5. The zero-order valence-corrected chi connectivity index (χ0v) is 16.0. The lowest BCUT2D eigenvalue weighted by Crippen LogP contribution is -2.42. The molecule has 0 aromatic heterocycles. The van der Waals surface area contributed by atoms with E-state index in [0.717, 1.165) is 19.8 Å². The Morgan fingerprint density at radius 1 is 0.545 bits per heavy atom. The highest BCUT2D eigenvalue weighted by atomic mass is 15.3. The van der Waals surface area contributed by atoms with Gasteiger partial charge in [0.2, 0.25) is 0 Å². The predicted molar refractivity (Wildman–Crippen MR) is 101 cm³/mol. The summed E-state index contributed by atoms with van der Waals surface area (Å²) < 4.78 is 0. The maximum Gasteiger partial charge on any atom is 0.0506 e. The van der Waals surface area contributed by atoms with Crippen LogP contribution < -0.4 is 5.32 Å². The second kappa shape index (κ2) is 17.2. The van der Waals surface area contributed by atoms with Gasteiger partial charge in [-0.3, -0.25) is 9.80 Å². The second-order valence-corrected chi connectivity index (χ2v) is 6.54. The molecular formula is C19H43N3. The minimum atomic E-state index is 1.13. The maximum atomic E-state index is 3.54. The molecule has 0 aliphatic heterocycles. The van der Waals surface area contributed by atoms with Gasteiger partial charge in [0.05, 0.1) is 6.67 Å². The highest BCUT2D eigenvalue weighted by Crippen LogP contribution is 2.05. The fourth-order valence-corrected chi connectivity index (χ4v) is 2.82. The van der Waals surface area contributed by atoms with Gasteiger partial charge in [0, 0.05) is 13.1 Å². The fourth-order valence-electron chi connectivity index (χ4n) is 2.82. The summed E-state index contributed by atoms with van der Waals surface area (Å²) in [5.41, 5.74) is 0. The molecule has 134 valence electrons. The van der Waals surface area contributed by atoms with Gasteiger partial charge in [-0.1, -0.05) is 53.4 Å². The molecular weight excluding hydrogens is 270 g/mol. The molecule has 3 nitrogen and oxygen atoms in total. The minimum absolute atomic E-state index is 1.13. The van der Waals surface area contributed by atoms with Gasteiger partial charge in [-0.05, 0) is 51.9 Å². The van der Waals surface area contributed by atoms with E-state index in [1.165, 1.54) is 77.5 Å². The molecule has 0 bridgehead atoms. The van der Waals surface area contributed by atoms with Crippen LogP contribution >= 0.6 is 0 Å². The zero-order valence-electron chi connectivity index (χ0n) is 16.0. The van der Waals surface area contributed by atoms with Gasteiger partial charge in [-0.15, -0.1) is 0 Å². The number of unbranched alkanes of at least 4 members (excludes halogenated alkanes) is 4. The zero-order chi connectivity index (χ0) is 16.5. The van der Waals surface area contributed by atoms with Crippen LogP contribution in [0.1, 0.15) is 79.1 Å². The van der Waals surface area contributed by atoms with Crippen LogP contribution in [0.25, 0.3) is 0 Å². The lowest BCUT2D eigenvalue weighted by Gasteiger charge is -2.30. The van der Waals surface area contributed by atoms with E-state index in [0.29, 0.717) is 0 Å². The summed E-state index contributed by atoms with van der Waals surface area (Å²) >= 11 is 0. The van der Waals surface area contributed by atoms with Gasteiger partial charge in [-0.25, -0.2) is 0 Å². The molecule has 0 spiro atoms. The van der Waals surface area contributed by atoms with Crippen LogP contribution in [-0.2, 0) is 0 Å². The van der Waals surface area contributed by atoms with Gasteiger partial charge in [0.1, 0.15) is 0 Å². The number of hydrogen-bond donors (Lipinski definition) is 1. The third kappa shape index (κ3) is 13.5. The number of nitrogens with one attached hydrogen (secondary N) is 1. The van der Waals surface area contributed by atoms with Crippen molar-refractivity contribution in [2.75, 3.05) is 45.9 Å². The first-order valence-electron chi connectivity index (χ1n) is 9.93. The molecule has 0 radical (unpaired) electrons. The summed E-state index contributed by atoms with van der Waals surface area (Å²) in [6, 6.07) is 0. The Morgan fingerprint density at radius 3 is 1.64 bits per heavy atom. The fraction of sp³-hybridized carbons (Fsp3) is 1.00. The van der Waals surface area contributed by atoms with Crippen LogP contribution in [0, 0.1) is 0 Å². The molecule has 0 saturated carbocycles. The monoisotopic (exact) mass is 313 g/mol. The average molecular weight is 314 g/mol. The van der Waals surface area contributed by atoms with Crippen LogP contribution in [-0.4, -0.2) is 55.7 Å². The highest BCUT2D eigenvalue weighted by Gasteiger charge is 2.10. The molecule has 0 rings (SSSR count). The first-order valence-corrected chi connectivity index (χ1v) is 9.93. The Hall–Kier alpha value is -0.120. The Bertz CT molecular complexity index is 199. The normalized spacial score (nSPS) is 11.7. The van der Waals surface area contributed by atoms with Crippen molar-refractivity contribution >= 4 is 0 Å². The van der Waals surface area contributed by atoms with Crippen molar-refractivity contribution in [3.63, 3.8) is 0 Å². The molecule has 3 heteroatoms. The predicted octanol–water partition coefficient (Wildman–Crippen LogP) is 4.34. The van der Waals surface area contributed by atoms with Crippen LogP contribution in [0.15, 0.2) is 0 Å². The van der Waals surface area contributed by atoms with Crippen molar-refractivity contribution in [3.8, 4) is 0 Å². The third-order valence-electron chi connectivity index (χ3n) is 4.13. The van der Waals surface area contributed by atoms with E-state index in [9.17, 15) is 0 Å². The molecule has 0 aliphatic carbocycles. The highest BCUT2D eigenvalue weighted by molar-refractivity contribution is 4.63. The van der Waals surface area contributed by atoms with Crippen molar-refractivity contribution in [2.24, 2.45) is 0 Å². The van der Waals surface area contributed by atoms with Gasteiger partial charge >= 0.3 is 0 Å². The Balaban J connectivity index is 4.18. The maximum absolute atomic E-state index is 3.54. The minimum Gasteiger partial charge on any atom is -0.315 e. The van der Waals surface area contributed by atoms with Gasteiger partial charge in [0.25, 0.3) is 0 Å². The van der Waals surface area contributed by atoms with Crippen LogP contribution in [0.3, 0.4) is 0 Å². The average Bonchev–Trinajstić information content (AvgIpc) is 2.52. The summed E-state index contributed by atoms with van der Waals surface area (Å²) in [5, 5.41) is 3.54. The van der Waals surface area contributed by atoms with E-state index in [-0.39, 0.29) is 0 Å². The number of rotatable bonds is 17. The standard InChI is InChI=1S/C19H43N3/c1-5-9-11-16-22(17-12-10-6-2)19-21(15-8-4)18-14-20-13-7-3/h20H,5-19H2,1-4H3. The number of nitrogens with zero attached hydrogens (tertiary/aromatic N) is 2. The van der Waals surface area contributed by atoms with E-state index in [1.807, 2.05) is 0 Å². The summed E-state index contributed by atoms with van der Waals surface area (Å²) in [4.78, 5) is 5.33. The van der Waals surface area contributed by atoms with Crippen LogP contribution in [0.4, 0.5) is 0 Å². The molecule has 22 heavy (non-hydrogen) atoms. The molecule has 0 atom stereocenters. The summed E-state index contributed by atoms with van der Waals surface area (Å²) in [5.74, 6) is 0. The first-order chi connectivity index (χ1) is 10.8. The Morgan fingerprint density at radius 2 is 1.14 bits per heavy atom. The summed E-state index contributed by atoms with van der Waals surface area (Å²) in [7, 11) is 0. The van der Waals surface area contributed by atoms with E-state index >= 15 is 0 Å². The topological polar surface area (TPSA) is 18.5 Å². The van der Waals surface area contributed by atoms with Crippen LogP contribution in [0.5, 0.6) is 0 Å². The quantitative estimate of drug-likeness (QED) is 0.318. The van der Waals surface area contributed by atoms with E-state index in [1.54, 1.807) is 0 Å². The van der Waals surface area contributed by atoms with Crippen LogP contribution in [0.2, 0.25) is 0 Å². The lowest BCUT2D eigenvalue weighted by atomic mass is 10.2. The molecule has 0 unspecified atom stereocenters. The molecule has 0 aliphatic rings. The van der Waals surface area contributed by atoms with Crippen molar-refractivity contribution in [2.45, 2.75) is 79.1 Å². The van der Waals surface area contributed by atoms with E-state index < -0.39 is 0 Å². The van der Waals surface area contributed by atoms with Crippen molar-refractivity contribution < 1.29 is 0 Å². The molecule has 0 amide bonds. The van der Waals surface area contributed by atoms with Crippen molar-refractivity contribution in [1.29, 1.82) is 0 Å². The lowest BCUT2D eigenvalue weighted by molar-refractivity contribution is 0.127. The smallest absolute Gasteiger partial charge is 0.0506 e. The molecule has 0 fully saturated rings. The SMILES string of the molecule is CCCCCN(CCCCC)CN(CCC)CCNCCC. The molecule has 0 aromatic rings. The van der Waals surface area contributed by atoms with Crippen molar-refractivity contribution in [1.82, 2.24) is 15.1 Å². The Kier molecular flexibility index (Phi) is 17.1. The second-order valence-electron chi connectivity index (χ2n) is 6.54. The van der Waals surface area contributed by atoms with Crippen molar-refractivity contribution in [3.05, 3.63) is 0 Å². The van der Waals surface area contributed by atoms with Gasteiger partial charge in [0.15, 0.2) is 0 Å². The van der Waals surface area contributed by atoms with E-state index in [2.05, 4.69) is 42.8 Å². The molecule has 0 saturated heterocycles. The molecule has 1 N–H and O–H groups in total. The molecule has 0 aromatic carbocycles. The third-order valence-corrected chi connectivity index (χ3v) is 4.13. The first kappa shape index (κ1) is 21.9.